The molecule has 2 atom stereocenters. The first-order valence-corrected chi connectivity index (χ1v) is 6.35. The number of hydrogen-bond acceptors (Lipinski definition) is 3. The van der Waals surface area contributed by atoms with Gasteiger partial charge >= 0.3 is 0 Å². The van der Waals surface area contributed by atoms with E-state index in [0.29, 0.717) is 5.44 Å². The van der Waals surface area contributed by atoms with Gasteiger partial charge in [0, 0.05) is 12.3 Å². The molecule has 0 aromatic carbocycles. The molecule has 0 aromatic rings. The summed E-state index contributed by atoms with van der Waals surface area (Å²) >= 11 is 1.99. The molecule has 4 rings (SSSR count). The van der Waals surface area contributed by atoms with Crippen LogP contribution in [0.2, 0.25) is 0 Å². The minimum absolute atomic E-state index is 0.251. The van der Waals surface area contributed by atoms with Gasteiger partial charge in [-0.2, -0.15) is 0 Å². The smallest absolute Gasteiger partial charge is 0.101 e. The predicted molar refractivity (Wildman–Crippen MR) is 54.9 cm³/mol. The molecule has 2 nitrogen and oxygen atoms in total. The number of fused-ring (bicyclic) bond motifs is 2. The molecule has 0 radical (unpaired) electrons. The highest BCUT2D eigenvalue weighted by molar-refractivity contribution is 8.00. The summed E-state index contributed by atoms with van der Waals surface area (Å²) in [7, 11) is 0. The molecule has 0 aliphatic carbocycles. The Morgan fingerprint density at radius 1 is 1.38 bits per heavy atom. The zero-order valence-electron chi connectivity index (χ0n) is 8.16. The first-order valence-electron chi connectivity index (χ1n) is 5.30. The molecule has 0 saturated carbocycles. The molecular weight excluding hydrogens is 182 g/mol. The van der Waals surface area contributed by atoms with Gasteiger partial charge in [-0.05, 0) is 38.8 Å². The molecule has 4 aliphatic rings. The van der Waals surface area contributed by atoms with Crippen LogP contribution in [0.25, 0.3) is 0 Å². The van der Waals surface area contributed by atoms with E-state index in [1.54, 1.807) is 0 Å². The molecule has 4 fully saturated rings. The summed E-state index contributed by atoms with van der Waals surface area (Å²) in [5.74, 6) is 2.09. The topological polar surface area (TPSA) is 12.5 Å². The van der Waals surface area contributed by atoms with Crippen molar-refractivity contribution in [2.24, 2.45) is 5.92 Å². The summed E-state index contributed by atoms with van der Waals surface area (Å²) in [5, 5.41) is 0. The van der Waals surface area contributed by atoms with Gasteiger partial charge in [-0.3, -0.25) is 0 Å². The van der Waals surface area contributed by atoms with Crippen molar-refractivity contribution < 1.29 is 4.74 Å². The lowest BCUT2D eigenvalue weighted by molar-refractivity contribution is -0.133. The lowest BCUT2D eigenvalue weighted by Crippen LogP contribution is -2.60. The van der Waals surface area contributed by atoms with E-state index in [2.05, 4.69) is 11.8 Å². The number of nitrogens with zero attached hydrogens (tertiary/aromatic N) is 1. The Hall–Kier alpha value is 0.270. The minimum Gasteiger partial charge on any atom is -0.359 e. The zero-order valence-corrected chi connectivity index (χ0v) is 8.98. The van der Waals surface area contributed by atoms with Crippen LogP contribution in [0, 0.1) is 5.92 Å². The van der Waals surface area contributed by atoms with Crippen LogP contribution in [0.4, 0.5) is 0 Å². The molecule has 4 aliphatic heterocycles. The molecule has 2 bridgehead atoms. The van der Waals surface area contributed by atoms with Gasteiger partial charge in [-0.25, -0.2) is 0 Å². The van der Waals surface area contributed by atoms with E-state index in [0.717, 1.165) is 5.92 Å². The van der Waals surface area contributed by atoms with Gasteiger partial charge in [0.15, 0.2) is 0 Å². The van der Waals surface area contributed by atoms with Crippen molar-refractivity contribution in [2.45, 2.75) is 30.8 Å². The third-order valence-corrected chi connectivity index (χ3v) is 5.01. The first kappa shape index (κ1) is 8.57. The van der Waals surface area contributed by atoms with Gasteiger partial charge in [0.2, 0.25) is 0 Å². The average Bonchev–Trinajstić information content (AvgIpc) is 2.49. The van der Waals surface area contributed by atoms with Crippen LogP contribution in [0.3, 0.4) is 0 Å². The van der Waals surface area contributed by atoms with Crippen LogP contribution in [0.5, 0.6) is 0 Å². The second-order valence-corrected chi connectivity index (χ2v) is 5.90. The third kappa shape index (κ3) is 1.24. The van der Waals surface area contributed by atoms with Crippen molar-refractivity contribution in [3.63, 3.8) is 0 Å². The highest BCUT2D eigenvalue weighted by atomic mass is 32.2. The monoisotopic (exact) mass is 199 g/mol. The maximum absolute atomic E-state index is 6.14. The van der Waals surface area contributed by atoms with Crippen LogP contribution in [0.15, 0.2) is 0 Å². The van der Waals surface area contributed by atoms with Crippen LogP contribution >= 0.6 is 11.8 Å². The number of ether oxygens (including phenoxy) is 1. The lowest BCUT2D eigenvalue weighted by Gasteiger charge is -2.50. The summed E-state index contributed by atoms with van der Waals surface area (Å²) in [6.45, 7) is 6.02. The van der Waals surface area contributed by atoms with E-state index in [-0.39, 0.29) is 5.60 Å². The number of piperidine rings is 3. The SMILES string of the molecule is C[C@@H]1O[C@]2(CS1)CN1CCC2CC1. The number of thioether (sulfide) groups is 1. The van der Waals surface area contributed by atoms with Crippen LogP contribution in [-0.4, -0.2) is 41.3 Å². The highest BCUT2D eigenvalue weighted by Gasteiger charge is 2.51. The van der Waals surface area contributed by atoms with Gasteiger partial charge in [0.25, 0.3) is 0 Å². The van der Waals surface area contributed by atoms with Gasteiger partial charge in [-0.15, -0.1) is 11.8 Å². The Morgan fingerprint density at radius 3 is 2.62 bits per heavy atom. The van der Waals surface area contributed by atoms with Crippen molar-refractivity contribution in [2.75, 3.05) is 25.4 Å². The molecule has 0 aromatic heterocycles. The number of hydrogen-bond donors (Lipinski definition) is 0. The second kappa shape index (κ2) is 2.88. The summed E-state index contributed by atoms with van der Waals surface area (Å²) in [5.41, 5.74) is 0.682. The quantitative estimate of drug-likeness (QED) is 0.587. The van der Waals surface area contributed by atoms with E-state index in [1.807, 2.05) is 11.8 Å². The summed E-state index contributed by atoms with van der Waals surface area (Å²) < 4.78 is 6.14. The third-order valence-electron chi connectivity index (χ3n) is 3.79. The normalized spacial score (nSPS) is 54.7. The Balaban J connectivity index is 1.83. The average molecular weight is 199 g/mol. The standard InChI is InChI=1S/C10H17NOS/c1-8-12-10(7-13-8)6-11-4-2-9(10)3-5-11/h8-9H,2-7H2,1H3/t8-,10+/m1/s1. The van der Waals surface area contributed by atoms with Crippen molar-refractivity contribution in [1.82, 2.24) is 4.90 Å². The van der Waals surface area contributed by atoms with Crippen LogP contribution in [0.1, 0.15) is 19.8 Å². The molecule has 74 valence electrons. The molecule has 3 heteroatoms. The maximum atomic E-state index is 6.14. The molecule has 0 N–H and O–H groups in total. The molecule has 0 amide bonds. The molecule has 4 heterocycles. The lowest BCUT2D eigenvalue weighted by atomic mass is 9.76. The van der Waals surface area contributed by atoms with E-state index >= 15 is 0 Å². The van der Waals surface area contributed by atoms with E-state index in [4.69, 9.17) is 4.74 Å². The fraction of sp³-hybridized carbons (Fsp3) is 1.00. The molecule has 0 unspecified atom stereocenters. The van der Waals surface area contributed by atoms with Crippen LogP contribution in [-0.2, 0) is 4.74 Å². The summed E-state index contributed by atoms with van der Waals surface area (Å²) in [6, 6.07) is 0. The van der Waals surface area contributed by atoms with E-state index in [1.165, 1.54) is 38.2 Å². The fourth-order valence-corrected chi connectivity index (χ4v) is 4.25. The van der Waals surface area contributed by atoms with Crippen molar-refractivity contribution in [1.29, 1.82) is 0 Å². The van der Waals surface area contributed by atoms with Gasteiger partial charge < -0.3 is 9.64 Å². The largest absolute Gasteiger partial charge is 0.359 e. The molecular formula is C10H17NOS. The highest BCUT2D eigenvalue weighted by Crippen LogP contribution is 2.46. The summed E-state index contributed by atoms with van der Waals surface area (Å²) in [4.78, 5) is 2.58. The Morgan fingerprint density at radius 2 is 2.15 bits per heavy atom. The second-order valence-electron chi connectivity index (χ2n) is 4.61. The fourth-order valence-electron chi connectivity index (χ4n) is 3.08. The van der Waals surface area contributed by atoms with Crippen molar-refractivity contribution in [3.05, 3.63) is 0 Å². The van der Waals surface area contributed by atoms with Gasteiger partial charge in [-0.1, -0.05) is 0 Å². The molecule has 13 heavy (non-hydrogen) atoms. The Bertz CT molecular complexity index is 215. The van der Waals surface area contributed by atoms with Crippen molar-refractivity contribution >= 4 is 11.8 Å². The van der Waals surface area contributed by atoms with Gasteiger partial charge in [0.1, 0.15) is 5.44 Å². The molecule has 4 saturated heterocycles. The number of rotatable bonds is 0. The van der Waals surface area contributed by atoms with Gasteiger partial charge in [0.05, 0.1) is 5.60 Å². The molecule has 1 spiro atoms. The zero-order chi connectivity index (χ0) is 8.89. The first-order chi connectivity index (χ1) is 6.28. The van der Waals surface area contributed by atoms with E-state index in [9.17, 15) is 0 Å². The Kier molecular flexibility index (Phi) is 1.90. The Labute approximate surface area is 84.0 Å². The minimum atomic E-state index is 0.251. The predicted octanol–water partition coefficient (Wildman–Crippen LogP) is 1.56. The summed E-state index contributed by atoms with van der Waals surface area (Å²) in [6.07, 6.45) is 2.74. The maximum Gasteiger partial charge on any atom is 0.101 e. The van der Waals surface area contributed by atoms with E-state index < -0.39 is 0 Å². The van der Waals surface area contributed by atoms with Crippen LogP contribution < -0.4 is 0 Å². The van der Waals surface area contributed by atoms with Crippen molar-refractivity contribution in [3.8, 4) is 0 Å².